The van der Waals surface area contributed by atoms with Gasteiger partial charge in [-0.1, -0.05) is 23.7 Å². The van der Waals surface area contributed by atoms with E-state index in [4.69, 9.17) is 11.6 Å². The fourth-order valence-electron chi connectivity index (χ4n) is 3.74. The molecule has 2 aliphatic rings. The standard InChI is InChI=1S/C15H17ClN2/c16-11-5-1-4-10-13-12(18-15(10)11)7-6-9-3-2-8-17-14(9)13/h1,4-5,9,14,17-18H,2-3,6-8H2/t9-,14+/m0/s1. The lowest BCUT2D eigenvalue weighted by Gasteiger charge is -2.36. The fraction of sp³-hybridized carbons (Fsp3) is 0.467. The van der Waals surface area contributed by atoms with Crippen molar-refractivity contribution in [3.63, 3.8) is 0 Å². The molecule has 1 fully saturated rings. The highest BCUT2D eigenvalue weighted by Crippen LogP contribution is 2.43. The number of aromatic amines is 1. The van der Waals surface area contributed by atoms with Crippen LogP contribution in [0.1, 0.15) is 36.6 Å². The first-order valence-corrected chi connectivity index (χ1v) is 7.25. The lowest BCUT2D eigenvalue weighted by molar-refractivity contribution is 0.255. The smallest absolute Gasteiger partial charge is 0.0648 e. The van der Waals surface area contributed by atoms with Crippen LogP contribution in [0.2, 0.25) is 5.02 Å². The molecule has 4 rings (SSSR count). The predicted molar refractivity (Wildman–Crippen MR) is 75.1 cm³/mol. The molecule has 2 heterocycles. The molecule has 0 saturated carbocycles. The highest BCUT2D eigenvalue weighted by molar-refractivity contribution is 6.35. The average molecular weight is 261 g/mol. The summed E-state index contributed by atoms with van der Waals surface area (Å²) < 4.78 is 0. The number of para-hydroxylation sites is 1. The van der Waals surface area contributed by atoms with E-state index in [1.807, 2.05) is 6.07 Å². The van der Waals surface area contributed by atoms with Crippen molar-refractivity contribution in [1.29, 1.82) is 0 Å². The van der Waals surface area contributed by atoms with Crippen molar-refractivity contribution in [2.45, 2.75) is 31.7 Å². The Balaban J connectivity index is 1.94. The molecule has 0 unspecified atom stereocenters. The van der Waals surface area contributed by atoms with Crippen LogP contribution in [0.5, 0.6) is 0 Å². The number of hydrogen-bond donors (Lipinski definition) is 2. The Morgan fingerprint density at radius 2 is 2.17 bits per heavy atom. The zero-order valence-corrected chi connectivity index (χ0v) is 11.1. The summed E-state index contributed by atoms with van der Waals surface area (Å²) in [5, 5.41) is 5.87. The molecule has 1 aliphatic heterocycles. The van der Waals surface area contributed by atoms with Crippen molar-refractivity contribution in [3.05, 3.63) is 34.5 Å². The fourth-order valence-corrected chi connectivity index (χ4v) is 3.96. The van der Waals surface area contributed by atoms with Crippen molar-refractivity contribution < 1.29 is 0 Å². The van der Waals surface area contributed by atoms with E-state index in [9.17, 15) is 0 Å². The van der Waals surface area contributed by atoms with Crippen LogP contribution >= 0.6 is 11.6 Å². The monoisotopic (exact) mass is 260 g/mol. The summed E-state index contributed by atoms with van der Waals surface area (Å²) in [5.41, 5.74) is 4.01. The molecule has 2 atom stereocenters. The molecule has 18 heavy (non-hydrogen) atoms. The number of fused-ring (bicyclic) bond motifs is 5. The van der Waals surface area contributed by atoms with E-state index in [1.165, 1.54) is 42.3 Å². The normalized spacial score (nSPS) is 26.9. The third-order valence-electron chi connectivity index (χ3n) is 4.57. The number of H-pyrrole nitrogens is 1. The van der Waals surface area contributed by atoms with E-state index in [1.54, 1.807) is 0 Å². The summed E-state index contributed by atoms with van der Waals surface area (Å²) in [5.74, 6) is 0.809. The number of rotatable bonds is 0. The maximum absolute atomic E-state index is 6.30. The van der Waals surface area contributed by atoms with Crippen molar-refractivity contribution in [2.24, 2.45) is 5.92 Å². The van der Waals surface area contributed by atoms with E-state index in [0.717, 1.165) is 23.0 Å². The van der Waals surface area contributed by atoms with Crippen LogP contribution in [0.25, 0.3) is 10.9 Å². The van der Waals surface area contributed by atoms with Crippen LogP contribution in [0, 0.1) is 5.92 Å². The molecule has 1 aliphatic carbocycles. The number of piperidine rings is 1. The van der Waals surface area contributed by atoms with E-state index in [2.05, 4.69) is 22.4 Å². The molecule has 0 spiro atoms. The summed E-state index contributed by atoms with van der Waals surface area (Å²) in [7, 11) is 0. The second-order valence-corrected chi connectivity index (χ2v) is 5.96. The van der Waals surface area contributed by atoms with Gasteiger partial charge in [0.1, 0.15) is 0 Å². The van der Waals surface area contributed by atoms with Crippen molar-refractivity contribution in [2.75, 3.05) is 6.54 Å². The Morgan fingerprint density at radius 3 is 3.11 bits per heavy atom. The molecule has 0 bridgehead atoms. The average Bonchev–Trinajstić information content (AvgIpc) is 2.79. The van der Waals surface area contributed by atoms with Crippen LogP contribution in [-0.4, -0.2) is 11.5 Å². The van der Waals surface area contributed by atoms with Gasteiger partial charge in [0.25, 0.3) is 0 Å². The predicted octanol–water partition coefficient (Wildman–Crippen LogP) is 3.81. The van der Waals surface area contributed by atoms with Crippen molar-refractivity contribution in [3.8, 4) is 0 Å². The van der Waals surface area contributed by atoms with Crippen LogP contribution in [0.3, 0.4) is 0 Å². The Labute approximate surface area is 112 Å². The number of halogens is 1. The maximum Gasteiger partial charge on any atom is 0.0648 e. The first kappa shape index (κ1) is 10.9. The number of nitrogens with one attached hydrogen (secondary N) is 2. The lowest BCUT2D eigenvalue weighted by atomic mass is 9.77. The van der Waals surface area contributed by atoms with Gasteiger partial charge < -0.3 is 10.3 Å². The van der Waals surface area contributed by atoms with E-state index < -0.39 is 0 Å². The Kier molecular flexibility index (Phi) is 2.42. The molecular formula is C15H17ClN2. The Hall–Kier alpha value is -0.990. The zero-order valence-electron chi connectivity index (χ0n) is 10.3. The lowest BCUT2D eigenvalue weighted by Crippen LogP contribution is -2.37. The molecule has 0 amide bonds. The summed E-state index contributed by atoms with van der Waals surface area (Å²) in [6, 6.07) is 6.77. The van der Waals surface area contributed by atoms with Crippen LogP contribution in [0.4, 0.5) is 0 Å². The molecule has 1 aromatic carbocycles. The van der Waals surface area contributed by atoms with E-state index in [-0.39, 0.29) is 0 Å². The summed E-state index contributed by atoms with van der Waals surface area (Å²) in [6.07, 6.45) is 5.16. The zero-order chi connectivity index (χ0) is 12.1. The quantitative estimate of drug-likeness (QED) is 0.741. The first-order chi connectivity index (χ1) is 8.84. The van der Waals surface area contributed by atoms with Gasteiger partial charge in [0, 0.05) is 17.1 Å². The van der Waals surface area contributed by atoms with Gasteiger partial charge >= 0.3 is 0 Å². The molecule has 1 aromatic heterocycles. The van der Waals surface area contributed by atoms with Crippen LogP contribution in [-0.2, 0) is 6.42 Å². The maximum atomic E-state index is 6.30. The molecule has 3 heteroatoms. The van der Waals surface area contributed by atoms with Crippen LogP contribution in [0.15, 0.2) is 18.2 Å². The topological polar surface area (TPSA) is 27.8 Å². The molecule has 2 aromatic rings. The second-order valence-electron chi connectivity index (χ2n) is 5.55. The SMILES string of the molecule is Clc1cccc2c3c([nH]c12)CC[C@@H]1CCCN[C@@H]31. The van der Waals surface area contributed by atoms with E-state index >= 15 is 0 Å². The summed E-state index contributed by atoms with van der Waals surface area (Å²) in [4.78, 5) is 3.55. The Bertz CT molecular complexity index is 602. The van der Waals surface area contributed by atoms with Crippen molar-refractivity contribution >= 4 is 22.5 Å². The highest BCUT2D eigenvalue weighted by Gasteiger charge is 2.33. The van der Waals surface area contributed by atoms with Gasteiger partial charge in [0.05, 0.1) is 10.5 Å². The number of hydrogen-bond acceptors (Lipinski definition) is 1. The molecular weight excluding hydrogens is 244 g/mol. The summed E-state index contributed by atoms with van der Waals surface area (Å²) in [6.45, 7) is 1.15. The third-order valence-corrected chi connectivity index (χ3v) is 4.88. The third kappa shape index (κ3) is 1.45. The van der Waals surface area contributed by atoms with Gasteiger partial charge in [0.2, 0.25) is 0 Å². The molecule has 1 saturated heterocycles. The largest absolute Gasteiger partial charge is 0.357 e. The van der Waals surface area contributed by atoms with Crippen LogP contribution < -0.4 is 5.32 Å². The number of aryl methyl sites for hydroxylation is 1. The number of aromatic nitrogens is 1. The van der Waals surface area contributed by atoms with Gasteiger partial charge in [0.15, 0.2) is 0 Å². The molecule has 2 N–H and O–H groups in total. The minimum atomic E-state index is 0.537. The molecule has 94 valence electrons. The van der Waals surface area contributed by atoms with Gasteiger partial charge in [-0.3, -0.25) is 0 Å². The second kappa shape index (κ2) is 4.01. The van der Waals surface area contributed by atoms with Gasteiger partial charge in [-0.25, -0.2) is 0 Å². The minimum Gasteiger partial charge on any atom is -0.357 e. The van der Waals surface area contributed by atoms with Gasteiger partial charge in [-0.2, -0.15) is 0 Å². The molecule has 0 radical (unpaired) electrons. The van der Waals surface area contributed by atoms with Crippen molar-refractivity contribution in [1.82, 2.24) is 10.3 Å². The highest BCUT2D eigenvalue weighted by atomic mass is 35.5. The van der Waals surface area contributed by atoms with Gasteiger partial charge in [-0.05, 0) is 49.8 Å². The minimum absolute atomic E-state index is 0.537. The number of benzene rings is 1. The van der Waals surface area contributed by atoms with E-state index in [0.29, 0.717) is 6.04 Å². The Morgan fingerprint density at radius 1 is 1.22 bits per heavy atom. The summed E-state index contributed by atoms with van der Waals surface area (Å²) >= 11 is 6.30. The first-order valence-electron chi connectivity index (χ1n) is 6.87. The molecule has 2 nitrogen and oxygen atoms in total. The van der Waals surface area contributed by atoms with Gasteiger partial charge in [-0.15, -0.1) is 0 Å².